The Balaban J connectivity index is 1.79. The molecule has 0 saturated carbocycles. The van der Waals surface area contributed by atoms with Crippen molar-refractivity contribution in [3.05, 3.63) is 29.8 Å². The maximum absolute atomic E-state index is 13.2. The highest BCUT2D eigenvalue weighted by molar-refractivity contribution is 7.89. The van der Waals surface area contributed by atoms with Gasteiger partial charge in [-0.1, -0.05) is 39.8 Å². The molecule has 2 aliphatic rings. The highest BCUT2D eigenvalue weighted by Crippen LogP contribution is 2.26. The summed E-state index contributed by atoms with van der Waals surface area (Å²) in [7, 11) is -3.57. The van der Waals surface area contributed by atoms with E-state index in [1.54, 1.807) is 12.1 Å². The molecule has 2 heterocycles. The number of nitrogens with zero attached hydrogens (tertiary/aromatic N) is 4. The number of likely N-dealkylation sites (N-methyl/N-ethyl adjacent to an activating group) is 1. The van der Waals surface area contributed by atoms with Crippen molar-refractivity contribution in [2.75, 3.05) is 45.8 Å². The van der Waals surface area contributed by atoms with Gasteiger partial charge < -0.3 is 9.80 Å². The third-order valence-electron chi connectivity index (χ3n) is 5.19. The average Bonchev–Trinajstić information content (AvgIpc) is 3.12. The number of sulfonamides is 1. The lowest BCUT2D eigenvalue weighted by atomic mass is 9.87. The summed E-state index contributed by atoms with van der Waals surface area (Å²) in [6, 6.07) is 7.28. The third-order valence-corrected chi connectivity index (χ3v) is 6.98. The first-order valence-electron chi connectivity index (χ1n) is 9.38. The van der Waals surface area contributed by atoms with E-state index in [-0.39, 0.29) is 5.41 Å². The first-order chi connectivity index (χ1) is 12.2. The van der Waals surface area contributed by atoms with Crippen LogP contribution in [0.5, 0.6) is 0 Å². The molecule has 0 amide bonds. The molecule has 6 nitrogen and oxygen atoms in total. The molecule has 0 unspecified atom stereocenters. The molecular formula is C19H30N4O2S. The number of hydrogen-bond donors (Lipinski definition) is 0. The van der Waals surface area contributed by atoms with E-state index in [1.807, 2.05) is 12.1 Å². The second-order valence-corrected chi connectivity index (χ2v) is 9.82. The minimum Gasteiger partial charge on any atom is -0.339 e. The summed E-state index contributed by atoms with van der Waals surface area (Å²) in [6.07, 6.45) is 0. The van der Waals surface area contributed by atoms with E-state index in [0.717, 1.165) is 38.3 Å². The predicted octanol–water partition coefficient (Wildman–Crippen LogP) is 1.98. The van der Waals surface area contributed by atoms with Gasteiger partial charge in [0, 0.05) is 26.2 Å². The van der Waals surface area contributed by atoms with Crippen molar-refractivity contribution >= 4 is 16.0 Å². The molecule has 0 spiro atoms. The normalized spacial score (nSPS) is 19.8. The van der Waals surface area contributed by atoms with Crippen LogP contribution in [-0.2, 0) is 15.4 Å². The van der Waals surface area contributed by atoms with Gasteiger partial charge in [0.25, 0.3) is 10.0 Å². The minimum atomic E-state index is -3.57. The zero-order valence-corrected chi connectivity index (χ0v) is 17.1. The van der Waals surface area contributed by atoms with Gasteiger partial charge in [-0.05, 0) is 29.7 Å². The van der Waals surface area contributed by atoms with E-state index in [1.165, 1.54) is 4.31 Å². The van der Waals surface area contributed by atoms with Crippen LogP contribution < -0.4 is 0 Å². The van der Waals surface area contributed by atoms with Gasteiger partial charge >= 0.3 is 0 Å². The SMILES string of the molecule is CCN1CCN(C2=NCCN2S(=O)(=O)c2ccc(C(C)(C)C)cc2)CC1. The Morgan fingerprint density at radius 2 is 1.62 bits per heavy atom. The fourth-order valence-electron chi connectivity index (χ4n) is 3.42. The molecule has 26 heavy (non-hydrogen) atoms. The largest absolute Gasteiger partial charge is 0.339 e. The molecule has 1 aromatic rings. The molecule has 0 aromatic heterocycles. The van der Waals surface area contributed by atoms with Gasteiger partial charge in [-0.15, -0.1) is 0 Å². The number of hydrogen-bond acceptors (Lipinski definition) is 5. The lowest BCUT2D eigenvalue weighted by molar-refractivity contribution is 0.184. The Hall–Kier alpha value is -1.60. The first-order valence-corrected chi connectivity index (χ1v) is 10.8. The quantitative estimate of drug-likeness (QED) is 0.807. The number of rotatable bonds is 3. The van der Waals surface area contributed by atoms with Gasteiger partial charge in [0.15, 0.2) is 0 Å². The molecule has 0 aliphatic carbocycles. The smallest absolute Gasteiger partial charge is 0.266 e. The van der Waals surface area contributed by atoms with Gasteiger partial charge in [-0.2, -0.15) is 0 Å². The molecule has 144 valence electrons. The molecule has 0 bridgehead atoms. The Labute approximate surface area is 157 Å². The molecular weight excluding hydrogens is 348 g/mol. The topological polar surface area (TPSA) is 56.2 Å². The van der Waals surface area contributed by atoms with Crippen molar-refractivity contribution in [2.45, 2.75) is 38.0 Å². The van der Waals surface area contributed by atoms with Crippen LogP contribution in [-0.4, -0.2) is 74.3 Å². The summed E-state index contributed by atoms with van der Waals surface area (Å²) in [6.45, 7) is 14.0. The molecule has 7 heteroatoms. The second-order valence-electron chi connectivity index (χ2n) is 7.95. The maximum atomic E-state index is 13.2. The molecule has 0 radical (unpaired) electrons. The monoisotopic (exact) mass is 378 g/mol. The van der Waals surface area contributed by atoms with E-state index < -0.39 is 10.0 Å². The van der Waals surface area contributed by atoms with E-state index in [2.05, 4.69) is 42.5 Å². The summed E-state index contributed by atoms with van der Waals surface area (Å²) in [5.41, 5.74) is 1.13. The molecule has 1 aromatic carbocycles. The van der Waals surface area contributed by atoms with Gasteiger partial charge in [-0.25, -0.2) is 12.7 Å². The maximum Gasteiger partial charge on any atom is 0.266 e. The number of benzene rings is 1. The van der Waals surface area contributed by atoms with E-state index in [0.29, 0.717) is 23.9 Å². The average molecular weight is 379 g/mol. The third kappa shape index (κ3) is 3.74. The Bertz CT molecular complexity index is 758. The molecule has 3 rings (SSSR count). The fraction of sp³-hybridized carbons (Fsp3) is 0.632. The van der Waals surface area contributed by atoms with Crippen LogP contribution >= 0.6 is 0 Å². The van der Waals surface area contributed by atoms with Crippen molar-refractivity contribution in [2.24, 2.45) is 4.99 Å². The van der Waals surface area contributed by atoms with Crippen LogP contribution in [0.15, 0.2) is 34.2 Å². The van der Waals surface area contributed by atoms with Crippen molar-refractivity contribution in [1.29, 1.82) is 0 Å². The molecule has 2 aliphatic heterocycles. The van der Waals surface area contributed by atoms with Crippen LogP contribution in [0, 0.1) is 0 Å². The van der Waals surface area contributed by atoms with Crippen molar-refractivity contribution in [3.63, 3.8) is 0 Å². The second kappa shape index (κ2) is 7.19. The summed E-state index contributed by atoms with van der Waals surface area (Å²) < 4.78 is 27.8. The predicted molar refractivity (Wildman–Crippen MR) is 105 cm³/mol. The molecule has 0 N–H and O–H groups in total. The van der Waals surface area contributed by atoms with Gasteiger partial charge in [0.05, 0.1) is 18.0 Å². The summed E-state index contributed by atoms with van der Waals surface area (Å²) in [5.74, 6) is 0.612. The summed E-state index contributed by atoms with van der Waals surface area (Å²) >= 11 is 0. The lowest BCUT2D eigenvalue weighted by Gasteiger charge is -2.37. The highest BCUT2D eigenvalue weighted by Gasteiger charge is 2.34. The van der Waals surface area contributed by atoms with Crippen LogP contribution in [0.4, 0.5) is 0 Å². The standard InChI is InChI=1S/C19H30N4O2S/c1-5-21-12-14-22(15-13-21)18-20-10-11-23(18)26(24,25)17-8-6-16(7-9-17)19(2,3)4/h6-9H,5,10-15H2,1-4H3. The Morgan fingerprint density at radius 3 is 2.15 bits per heavy atom. The Kier molecular flexibility index (Phi) is 5.30. The van der Waals surface area contributed by atoms with Crippen LogP contribution in [0.3, 0.4) is 0 Å². The Morgan fingerprint density at radius 1 is 1.00 bits per heavy atom. The number of guanidine groups is 1. The summed E-state index contributed by atoms with van der Waals surface area (Å²) in [4.78, 5) is 9.33. The van der Waals surface area contributed by atoms with Gasteiger partial charge in [-0.3, -0.25) is 4.99 Å². The number of aliphatic imine (C=N–C) groups is 1. The van der Waals surface area contributed by atoms with Crippen molar-refractivity contribution < 1.29 is 8.42 Å². The molecule has 0 atom stereocenters. The van der Waals surface area contributed by atoms with E-state index >= 15 is 0 Å². The summed E-state index contributed by atoms with van der Waals surface area (Å²) in [5, 5.41) is 0. The van der Waals surface area contributed by atoms with Crippen LogP contribution in [0.2, 0.25) is 0 Å². The van der Waals surface area contributed by atoms with Crippen molar-refractivity contribution in [3.8, 4) is 0 Å². The van der Waals surface area contributed by atoms with E-state index in [4.69, 9.17) is 0 Å². The van der Waals surface area contributed by atoms with Gasteiger partial charge in [0.1, 0.15) is 0 Å². The van der Waals surface area contributed by atoms with E-state index in [9.17, 15) is 8.42 Å². The molecule has 1 fully saturated rings. The fourth-order valence-corrected chi connectivity index (χ4v) is 4.87. The molecule has 1 saturated heterocycles. The van der Waals surface area contributed by atoms with Crippen LogP contribution in [0.1, 0.15) is 33.3 Å². The first kappa shape index (κ1) is 19.2. The number of piperazine rings is 1. The highest BCUT2D eigenvalue weighted by atomic mass is 32.2. The zero-order chi connectivity index (χ0) is 18.9. The lowest BCUT2D eigenvalue weighted by Crippen LogP contribution is -2.53. The van der Waals surface area contributed by atoms with Crippen LogP contribution in [0.25, 0.3) is 0 Å². The zero-order valence-electron chi connectivity index (χ0n) is 16.3. The van der Waals surface area contributed by atoms with Crippen molar-refractivity contribution in [1.82, 2.24) is 14.1 Å². The van der Waals surface area contributed by atoms with Gasteiger partial charge in [0.2, 0.25) is 5.96 Å². The minimum absolute atomic E-state index is 0.00150.